The van der Waals surface area contributed by atoms with Gasteiger partial charge in [-0.25, -0.2) is 9.97 Å². The molecule has 0 spiro atoms. The topological polar surface area (TPSA) is 70.9 Å². The zero-order valence-electron chi connectivity index (χ0n) is 15.1. The molecule has 0 radical (unpaired) electrons. The van der Waals surface area contributed by atoms with E-state index in [1.165, 1.54) is 0 Å². The summed E-state index contributed by atoms with van der Waals surface area (Å²) in [6.07, 6.45) is 6.07. The lowest BCUT2D eigenvalue weighted by atomic mass is 9.95. The molecule has 130 valence electrons. The van der Waals surface area contributed by atoms with Crippen LogP contribution >= 0.6 is 0 Å². The van der Waals surface area contributed by atoms with Crippen LogP contribution in [0, 0.1) is 5.92 Å². The number of hydrogen-bond donors (Lipinski definition) is 2. The van der Waals surface area contributed by atoms with Gasteiger partial charge < -0.3 is 10.4 Å². The summed E-state index contributed by atoms with van der Waals surface area (Å²) in [7, 11) is 0. The molecule has 5 heteroatoms. The van der Waals surface area contributed by atoms with E-state index in [2.05, 4.69) is 41.0 Å². The average molecular weight is 328 g/mol. The molecule has 0 aliphatic rings. The van der Waals surface area contributed by atoms with E-state index in [9.17, 15) is 5.11 Å². The molecule has 0 fully saturated rings. The molecule has 2 N–H and O–H groups in total. The second kappa shape index (κ2) is 8.20. The minimum Gasteiger partial charge on any atom is -0.388 e. The van der Waals surface area contributed by atoms with E-state index in [1.54, 1.807) is 12.4 Å². The van der Waals surface area contributed by atoms with Gasteiger partial charge in [-0.1, -0.05) is 20.8 Å². The summed E-state index contributed by atoms with van der Waals surface area (Å²) in [6.45, 7) is 8.75. The molecule has 5 nitrogen and oxygen atoms in total. The van der Waals surface area contributed by atoms with E-state index in [0.29, 0.717) is 18.3 Å². The second-order valence-corrected chi connectivity index (χ2v) is 6.94. The van der Waals surface area contributed by atoms with Crippen molar-refractivity contribution in [2.75, 3.05) is 11.9 Å². The Kier molecular flexibility index (Phi) is 6.26. The lowest BCUT2D eigenvalue weighted by Crippen LogP contribution is -2.34. The largest absolute Gasteiger partial charge is 0.388 e. The van der Waals surface area contributed by atoms with Gasteiger partial charge in [-0.05, 0) is 44.2 Å². The van der Waals surface area contributed by atoms with E-state index in [4.69, 9.17) is 0 Å². The molecule has 24 heavy (non-hydrogen) atoms. The number of nitrogens with one attached hydrogen (secondary N) is 1. The molecule has 1 unspecified atom stereocenters. The first kappa shape index (κ1) is 18.3. The Morgan fingerprint density at radius 3 is 2.54 bits per heavy atom. The van der Waals surface area contributed by atoms with Crippen molar-refractivity contribution in [1.82, 2.24) is 15.0 Å². The number of aliphatic hydroxyl groups is 1. The van der Waals surface area contributed by atoms with Gasteiger partial charge in [0.25, 0.3) is 0 Å². The fourth-order valence-corrected chi connectivity index (χ4v) is 2.37. The van der Waals surface area contributed by atoms with Gasteiger partial charge in [0, 0.05) is 36.3 Å². The number of rotatable bonds is 8. The summed E-state index contributed by atoms with van der Waals surface area (Å²) in [5.41, 5.74) is 1.16. The van der Waals surface area contributed by atoms with Gasteiger partial charge in [0.2, 0.25) is 0 Å². The minimum atomic E-state index is -0.752. The van der Waals surface area contributed by atoms with Crippen molar-refractivity contribution in [3.05, 3.63) is 36.3 Å². The van der Waals surface area contributed by atoms with Crippen molar-refractivity contribution in [2.45, 2.75) is 52.6 Å². The van der Waals surface area contributed by atoms with Gasteiger partial charge in [-0.3, -0.25) is 4.98 Å². The number of hydrogen-bond acceptors (Lipinski definition) is 5. The fraction of sp³-hybridized carbons (Fsp3) is 0.526. The number of nitrogens with zero attached hydrogens (tertiary/aromatic N) is 3. The standard InChI is InChI=1S/C19H28N4O/c1-5-16-12-17(21-13-19(4,24)9-6-14(2)3)23-18(22-16)15-7-10-20-11-8-15/h7-8,10-12,14,24H,5-6,9,13H2,1-4H3,(H,21,22,23). The van der Waals surface area contributed by atoms with Crippen LogP contribution < -0.4 is 5.32 Å². The molecule has 2 aromatic heterocycles. The van der Waals surface area contributed by atoms with Gasteiger partial charge in [-0.15, -0.1) is 0 Å². The number of pyridine rings is 1. The zero-order chi connectivity index (χ0) is 17.6. The molecule has 0 aromatic carbocycles. The third-order valence-corrected chi connectivity index (χ3v) is 3.99. The van der Waals surface area contributed by atoms with Crippen LogP contribution in [0.3, 0.4) is 0 Å². The third-order valence-electron chi connectivity index (χ3n) is 3.99. The Hall–Kier alpha value is -2.01. The molecule has 2 rings (SSSR count). The van der Waals surface area contributed by atoms with Crippen LogP contribution in [-0.4, -0.2) is 32.2 Å². The minimum absolute atomic E-state index is 0.468. The molecule has 1 atom stereocenters. The van der Waals surface area contributed by atoms with Crippen molar-refractivity contribution in [3.8, 4) is 11.4 Å². The van der Waals surface area contributed by atoms with Gasteiger partial charge in [0.15, 0.2) is 5.82 Å². The van der Waals surface area contributed by atoms with Crippen LogP contribution in [-0.2, 0) is 6.42 Å². The van der Waals surface area contributed by atoms with Crippen molar-refractivity contribution in [3.63, 3.8) is 0 Å². The van der Waals surface area contributed by atoms with Gasteiger partial charge in [-0.2, -0.15) is 0 Å². The number of anilines is 1. The molecule has 0 amide bonds. The summed E-state index contributed by atoms with van der Waals surface area (Å²) in [6, 6.07) is 5.75. The third kappa shape index (κ3) is 5.57. The Bertz CT molecular complexity index is 641. The summed E-state index contributed by atoms with van der Waals surface area (Å²) in [5.74, 6) is 2.01. The molecule has 2 aromatic rings. The first-order valence-electron chi connectivity index (χ1n) is 8.64. The maximum atomic E-state index is 10.5. The summed E-state index contributed by atoms with van der Waals surface area (Å²) < 4.78 is 0. The van der Waals surface area contributed by atoms with Crippen LogP contribution in [0.2, 0.25) is 0 Å². The first-order chi connectivity index (χ1) is 11.4. The van der Waals surface area contributed by atoms with E-state index in [-0.39, 0.29) is 0 Å². The van der Waals surface area contributed by atoms with Gasteiger partial charge in [0.1, 0.15) is 5.82 Å². The van der Waals surface area contributed by atoms with Crippen molar-refractivity contribution in [2.24, 2.45) is 5.92 Å². The van der Waals surface area contributed by atoms with E-state index in [1.807, 2.05) is 25.1 Å². The Morgan fingerprint density at radius 1 is 1.21 bits per heavy atom. The number of aryl methyl sites for hydroxylation is 1. The summed E-state index contributed by atoms with van der Waals surface area (Å²) in [4.78, 5) is 13.2. The smallest absolute Gasteiger partial charge is 0.161 e. The summed E-state index contributed by atoms with van der Waals surface area (Å²) in [5, 5.41) is 13.8. The monoisotopic (exact) mass is 328 g/mol. The molecular formula is C19H28N4O. The van der Waals surface area contributed by atoms with Crippen LogP contribution in [0.1, 0.15) is 46.2 Å². The van der Waals surface area contributed by atoms with Crippen LogP contribution in [0.25, 0.3) is 11.4 Å². The predicted molar refractivity (Wildman–Crippen MR) is 97.8 cm³/mol. The van der Waals surface area contributed by atoms with Crippen LogP contribution in [0.5, 0.6) is 0 Å². The van der Waals surface area contributed by atoms with Gasteiger partial charge in [0.05, 0.1) is 5.60 Å². The van der Waals surface area contributed by atoms with E-state index >= 15 is 0 Å². The Labute approximate surface area is 144 Å². The number of aromatic nitrogens is 3. The summed E-state index contributed by atoms with van der Waals surface area (Å²) >= 11 is 0. The molecule has 0 aliphatic heterocycles. The zero-order valence-corrected chi connectivity index (χ0v) is 15.1. The van der Waals surface area contributed by atoms with Crippen molar-refractivity contribution >= 4 is 5.82 Å². The van der Waals surface area contributed by atoms with Crippen molar-refractivity contribution in [1.29, 1.82) is 0 Å². The maximum absolute atomic E-state index is 10.5. The molecule has 0 bridgehead atoms. The Balaban J connectivity index is 2.12. The second-order valence-electron chi connectivity index (χ2n) is 6.94. The highest BCUT2D eigenvalue weighted by atomic mass is 16.3. The highest BCUT2D eigenvalue weighted by Gasteiger charge is 2.20. The SMILES string of the molecule is CCc1cc(NCC(C)(O)CCC(C)C)nc(-c2ccncc2)n1. The first-order valence-corrected chi connectivity index (χ1v) is 8.64. The quantitative estimate of drug-likeness (QED) is 0.773. The van der Waals surface area contributed by atoms with Gasteiger partial charge >= 0.3 is 0 Å². The molecular weight excluding hydrogens is 300 g/mol. The average Bonchev–Trinajstić information content (AvgIpc) is 2.59. The van der Waals surface area contributed by atoms with Crippen molar-refractivity contribution < 1.29 is 5.11 Å². The highest BCUT2D eigenvalue weighted by molar-refractivity contribution is 5.56. The lowest BCUT2D eigenvalue weighted by molar-refractivity contribution is 0.0585. The maximum Gasteiger partial charge on any atom is 0.161 e. The van der Waals surface area contributed by atoms with E-state index in [0.717, 1.165) is 36.3 Å². The molecule has 2 heterocycles. The Morgan fingerprint density at radius 2 is 1.92 bits per heavy atom. The van der Waals surface area contributed by atoms with Crippen LogP contribution in [0.15, 0.2) is 30.6 Å². The normalized spacial score (nSPS) is 13.8. The van der Waals surface area contributed by atoms with E-state index < -0.39 is 5.60 Å². The molecule has 0 saturated heterocycles. The fourth-order valence-electron chi connectivity index (χ4n) is 2.37. The molecule has 0 aliphatic carbocycles. The van der Waals surface area contributed by atoms with Crippen LogP contribution in [0.4, 0.5) is 5.82 Å². The highest BCUT2D eigenvalue weighted by Crippen LogP contribution is 2.20. The predicted octanol–water partition coefficient (Wildman–Crippen LogP) is 3.70. The molecule has 0 saturated carbocycles. The lowest BCUT2D eigenvalue weighted by Gasteiger charge is -2.25.